The molecule has 0 saturated carbocycles. The molecule has 3 aromatic carbocycles. The fourth-order valence-electron chi connectivity index (χ4n) is 3.04. The SMILES string of the molecule is O=C(NN=Cc1cn(-c2ccccc2)nc1-c1ccc(OC(F)F)cc1)c1ccc(Cl)cc1. The number of benzene rings is 3. The van der Waals surface area contributed by atoms with Crippen LogP contribution in [0.15, 0.2) is 90.2 Å². The third-order valence-corrected chi connectivity index (χ3v) is 4.84. The van der Waals surface area contributed by atoms with Gasteiger partial charge in [-0.3, -0.25) is 4.79 Å². The summed E-state index contributed by atoms with van der Waals surface area (Å²) in [6, 6.07) is 22.0. The number of nitrogens with zero attached hydrogens (tertiary/aromatic N) is 3. The maximum atomic E-state index is 12.4. The third-order valence-electron chi connectivity index (χ3n) is 4.59. The molecule has 0 bridgehead atoms. The molecule has 4 aromatic rings. The van der Waals surface area contributed by atoms with Crippen molar-refractivity contribution in [2.75, 3.05) is 0 Å². The molecule has 0 saturated heterocycles. The zero-order valence-electron chi connectivity index (χ0n) is 17.0. The van der Waals surface area contributed by atoms with Gasteiger partial charge in [0.1, 0.15) is 11.4 Å². The first-order valence-electron chi connectivity index (χ1n) is 9.79. The van der Waals surface area contributed by atoms with E-state index in [0.29, 0.717) is 27.4 Å². The molecule has 0 fully saturated rings. The topological polar surface area (TPSA) is 68.5 Å². The second-order valence-electron chi connectivity index (χ2n) is 6.82. The predicted octanol–water partition coefficient (Wildman–Crippen LogP) is 5.56. The van der Waals surface area contributed by atoms with Crippen molar-refractivity contribution in [1.29, 1.82) is 0 Å². The first-order valence-corrected chi connectivity index (χ1v) is 10.2. The van der Waals surface area contributed by atoms with Gasteiger partial charge in [0.2, 0.25) is 0 Å². The van der Waals surface area contributed by atoms with E-state index in [1.165, 1.54) is 18.3 Å². The molecule has 166 valence electrons. The fraction of sp³-hybridized carbons (Fsp3) is 0.0417. The van der Waals surface area contributed by atoms with Crippen LogP contribution in [0.5, 0.6) is 5.75 Å². The molecule has 0 aliphatic heterocycles. The van der Waals surface area contributed by atoms with Gasteiger partial charge < -0.3 is 4.74 Å². The molecule has 33 heavy (non-hydrogen) atoms. The maximum absolute atomic E-state index is 12.4. The zero-order chi connectivity index (χ0) is 23.2. The highest BCUT2D eigenvalue weighted by Gasteiger charge is 2.13. The Labute approximate surface area is 193 Å². The molecular formula is C24H17ClF2N4O2. The van der Waals surface area contributed by atoms with E-state index >= 15 is 0 Å². The van der Waals surface area contributed by atoms with Crippen molar-refractivity contribution < 1.29 is 18.3 Å². The van der Waals surface area contributed by atoms with Crippen molar-refractivity contribution in [2.45, 2.75) is 6.61 Å². The summed E-state index contributed by atoms with van der Waals surface area (Å²) in [6.07, 6.45) is 3.23. The molecule has 6 nitrogen and oxygen atoms in total. The molecule has 1 N–H and O–H groups in total. The number of alkyl halides is 2. The van der Waals surface area contributed by atoms with Crippen LogP contribution in [-0.4, -0.2) is 28.5 Å². The van der Waals surface area contributed by atoms with Crippen LogP contribution in [0.25, 0.3) is 16.9 Å². The lowest BCUT2D eigenvalue weighted by molar-refractivity contribution is -0.0498. The van der Waals surface area contributed by atoms with Crippen LogP contribution >= 0.6 is 11.6 Å². The molecule has 9 heteroatoms. The van der Waals surface area contributed by atoms with Gasteiger partial charge in [0.05, 0.1) is 11.9 Å². The molecule has 4 rings (SSSR count). The van der Waals surface area contributed by atoms with Gasteiger partial charge in [-0.25, -0.2) is 10.1 Å². The number of ether oxygens (including phenoxy) is 1. The van der Waals surface area contributed by atoms with E-state index in [1.807, 2.05) is 30.3 Å². The van der Waals surface area contributed by atoms with E-state index in [0.717, 1.165) is 5.69 Å². The summed E-state index contributed by atoms with van der Waals surface area (Å²) in [7, 11) is 0. The molecular weight excluding hydrogens is 450 g/mol. The van der Waals surface area contributed by atoms with Crippen LogP contribution < -0.4 is 10.2 Å². The van der Waals surface area contributed by atoms with Crippen LogP contribution in [0.2, 0.25) is 5.02 Å². The zero-order valence-corrected chi connectivity index (χ0v) is 17.8. The molecule has 0 atom stereocenters. The number of hydrogen-bond donors (Lipinski definition) is 1. The van der Waals surface area contributed by atoms with Gasteiger partial charge in [0.25, 0.3) is 5.91 Å². The number of carbonyl (C=O) groups excluding carboxylic acids is 1. The molecule has 0 aliphatic rings. The Bertz CT molecular complexity index is 1260. The van der Waals surface area contributed by atoms with Crippen LogP contribution in [0.1, 0.15) is 15.9 Å². The summed E-state index contributed by atoms with van der Waals surface area (Å²) < 4.78 is 31.0. The number of carbonyl (C=O) groups is 1. The molecule has 0 aliphatic carbocycles. The van der Waals surface area contributed by atoms with Gasteiger partial charge >= 0.3 is 6.61 Å². The van der Waals surface area contributed by atoms with Crippen molar-refractivity contribution in [1.82, 2.24) is 15.2 Å². The number of amides is 1. The molecule has 1 amide bonds. The Morgan fingerprint density at radius 1 is 1.03 bits per heavy atom. The van der Waals surface area contributed by atoms with Gasteiger partial charge in [0.15, 0.2) is 0 Å². The standard InChI is InChI=1S/C24H17ClF2N4O2/c25-19-10-6-17(7-11-19)23(32)29-28-14-18-15-31(20-4-2-1-3-5-20)30-22(18)16-8-12-21(13-9-16)33-24(26)27/h1-15,24H,(H,29,32). The lowest BCUT2D eigenvalue weighted by Crippen LogP contribution is -2.17. The minimum atomic E-state index is -2.90. The monoisotopic (exact) mass is 466 g/mol. The van der Waals surface area contributed by atoms with Gasteiger partial charge in [-0.2, -0.15) is 19.0 Å². The number of nitrogens with one attached hydrogen (secondary N) is 1. The molecule has 0 spiro atoms. The number of hydrazone groups is 1. The quantitative estimate of drug-likeness (QED) is 0.286. The highest BCUT2D eigenvalue weighted by molar-refractivity contribution is 6.30. The summed E-state index contributed by atoms with van der Waals surface area (Å²) in [6.45, 7) is -2.90. The summed E-state index contributed by atoms with van der Waals surface area (Å²) in [5, 5.41) is 9.20. The highest BCUT2D eigenvalue weighted by Crippen LogP contribution is 2.25. The number of halogens is 3. The Hall–Kier alpha value is -4.04. The molecule has 0 radical (unpaired) electrons. The molecule has 0 unspecified atom stereocenters. The van der Waals surface area contributed by atoms with Crippen molar-refractivity contribution in [3.8, 4) is 22.7 Å². The third kappa shape index (κ3) is 5.61. The normalized spacial score (nSPS) is 11.2. The maximum Gasteiger partial charge on any atom is 0.387 e. The van der Waals surface area contributed by atoms with Gasteiger partial charge in [-0.05, 0) is 60.7 Å². The first-order chi connectivity index (χ1) is 16.0. The fourth-order valence-corrected chi connectivity index (χ4v) is 3.17. The Morgan fingerprint density at radius 3 is 2.39 bits per heavy atom. The Balaban J connectivity index is 1.61. The second kappa shape index (κ2) is 10.1. The largest absolute Gasteiger partial charge is 0.435 e. The number of aromatic nitrogens is 2. The smallest absolute Gasteiger partial charge is 0.387 e. The lowest BCUT2D eigenvalue weighted by Gasteiger charge is -2.05. The lowest BCUT2D eigenvalue weighted by atomic mass is 10.1. The average molecular weight is 467 g/mol. The van der Waals surface area contributed by atoms with Crippen molar-refractivity contribution >= 4 is 23.7 Å². The van der Waals surface area contributed by atoms with Crippen LogP contribution in [0.4, 0.5) is 8.78 Å². The first kappa shape index (κ1) is 22.2. The van der Waals surface area contributed by atoms with E-state index in [4.69, 9.17) is 11.6 Å². The van der Waals surface area contributed by atoms with Gasteiger partial charge in [0, 0.05) is 27.9 Å². The average Bonchev–Trinajstić information content (AvgIpc) is 3.24. The second-order valence-corrected chi connectivity index (χ2v) is 7.26. The summed E-state index contributed by atoms with van der Waals surface area (Å²) >= 11 is 5.85. The minimum Gasteiger partial charge on any atom is -0.435 e. The van der Waals surface area contributed by atoms with Gasteiger partial charge in [-0.15, -0.1) is 0 Å². The Kier molecular flexibility index (Phi) is 6.75. The van der Waals surface area contributed by atoms with Crippen LogP contribution in [-0.2, 0) is 0 Å². The molecule has 1 aromatic heterocycles. The van der Waals surface area contributed by atoms with E-state index in [2.05, 4.69) is 20.4 Å². The van der Waals surface area contributed by atoms with Crippen molar-refractivity contribution in [3.05, 3.63) is 101 Å². The van der Waals surface area contributed by atoms with Gasteiger partial charge in [-0.1, -0.05) is 29.8 Å². The summed E-state index contributed by atoms with van der Waals surface area (Å²) in [5.41, 5.74) is 5.52. The van der Waals surface area contributed by atoms with Crippen molar-refractivity contribution in [2.24, 2.45) is 5.10 Å². The van der Waals surface area contributed by atoms with Crippen molar-refractivity contribution in [3.63, 3.8) is 0 Å². The van der Waals surface area contributed by atoms with Crippen LogP contribution in [0.3, 0.4) is 0 Å². The van der Waals surface area contributed by atoms with E-state index in [-0.39, 0.29) is 5.75 Å². The van der Waals surface area contributed by atoms with E-state index in [9.17, 15) is 13.6 Å². The van der Waals surface area contributed by atoms with Crippen LogP contribution in [0, 0.1) is 0 Å². The number of hydrogen-bond acceptors (Lipinski definition) is 4. The highest BCUT2D eigenvalue weighted by atomic mass is 35.5. The molecule has 1 heterocycles. The van der Waals surface area contributed by atoms with E-state index in [1.54, 1.807) is 47.3 Å². The summed E-state index contributed by atoms with van der Waals surface area (Å²) in [4.78, 5) is 12.3. The Morgan fingerprint density at radius 2 is 1.73 bits per heavy atom. The predicted molar refractivity (Wildman–Crippen MR) is 122 cm³/mol. The number of para-hydroxylation sites is 1. The summed E-state index contributed by atoms with van der Waals surface area (Å²) in [5.74, 6) is -0.352. The number of rotatable bonds is 7. The minimum absolute atomic E-state index is 0.0432. The van der Waals surface area contributed by atoms with E-state index < -0.39 is 12.5 Å².